The van der Waals surface area contributed by atoms with Crippen LogP contribution in [0.5, 0.6) is 0 Å². The number of ether oxygens (including phenoxy) is 2. The van der Waals surface area contributed by atoms with Crippen LogP contribution in [0.4, 0.5) is 11.5 Å². The predicted molar refractivity (Wildman–Crippen MR) is 80.6 cm³/mol. The van der Waals surface area contributed by atoms with Crippen molar-refractivity contribution in [3.8, 4) is 0 Å². The van der Waals surface area contributed by atoms with Gasteiger partial charge in [-0.3, -0.25) is 4.79 Å². The van der Waals surface area contributed by atoms with Crippen molar-refractivity contribution in [2.75, 3.05) is 63.3 Å². The average Bonchev–Trinajstić information content (AvgIpc) is 2.53. The van der Waals surface area contributed by atoms with E-state index in [4.69, 9.17) is 9.47 Å². The van der Waals surface area contributed by atoms with E-state index >= 15 is 0 Å². The number of nitrogens with zero attached hydrogens (tertiary/aromatic N) is 2. The summed E-state index contributed by atoms with van der Waals surface area (Å²) in [6.07, 6.45) is 1.73. The van der Waals surface area contributed by atoms with Gasteiger partial charge < -0.3 is 25.0 Å². The van der Waals surface area contributed by atoms with Gasteiger partial charge in [-0.1, -0.05) is 0 Å². The summed E-state index contributed by atoms with van der Waals surface area (Å²) >= 11 is 0. The van der Waals surface area contributed by atoms with Crippen molar-refractivity contribution < 1.29 is 14.3 Å². The van der Waals surface area contributed by atoms with Crippen molar-refractivity contribution in [3.63, 3.8) is 0 Å². The molecule has 0 atom stereocenters. The zero-order valence-electron chi connectivity index (χ0n) is 12.3. The van der Waals surface area contributed by atoms with Gasteiger partial charge in [0, 0.05) is 32.9 Å². The van der Waals surface area contributed by atoms with Crippen LogP contribution in [-0.2, 0) is 14.3 Å². The van der Waals surface area contributed by atoms with Gasteiger partial charge in [0.05, 0.1) is 32.1 Å². The van der Waals surface area contributed by atoms with Crippen molar-refractivity contribution in [2.24, 2.45) is 0 Å². The molecule has 0 radical (unpaired) electrons. The van der Waals surface area contributed by atoms with Gasteiger partial charge in [-0.2, -0.15) is 0 Å². The van der Waals surface area contributed by atoms with Crippen molar-refractivity contribution in [1.82, 2.24) is 10.3 Å². The number of morpholine rings is 1. The lowest BCUT2D eigenvalue weighted by atomic mass is 10.3. The van der Waals surface area contributed by atoms with Crippen LogP contribution in [0.2, 0.25) is 0 Å². The molecule has 1 saturated heterocycles. The molecule has 0 bridgehead atoms. The molecule has 7 heteroatoms. The van der Waals surface area contributed by atoms with Crippen molar-refractivity contribution >= 4 is 17.4 Å². The molecule has 0 saturated carbocycles. The third kappa shape index (κ3) is 4.96. The highest BCUT2D eigenvalue weighted by Gasteiger charge is 2.16. The first kappa shape index (κ1) is 15.7. The molecule has 0 spiro atoms. The van der Waals surface area contributed by atoms with Gasteiger partial charge in [0.1, 0.15) is 0 Å². The minimum atomic E-state index is -0.0892. The molecule has 0 aliphatic carbocycles. The van der Waals surface area contributed by atoms with Crippen LogP contribution in [0, 0.1) is 0 Å². The van der Waals surface area contributed by atoms with E-state index in [1.54, 1.807) is 13.3 Å². The summed E-state index contributed by atoms with van der Waals surface area (Å²) in [5, 5.41) is 5.91. The molecular formula is C14H22N4O3. The van der Waals surface area contributed by atoms with Gasteiger partial charge in [0.15, 0.2) is 5.82 Å². The molecule has 116 valence electrons. The van der Waals surface area contributed by atoms with Crippen LogP contribution in [0.1, 0.15) is 0 Å². The quantitative estimate of drug-likeness (QED) is 0.694. The smallest absolute Gasteiger partial charge is 0.238 e. The number of anilines is 2. The summed E-state index contributed by atoms with van der Waals surface area (Å²) in [5.41, 5.74) is 0.734. The lowest BCUT2D eigenvalue weighted by molar-refractivity contribution is -0.115. The number of methoxy groups -OCH3 is 1. The van der Waals surface area contributed by atoms with Crippen LogP contribution in [0.3, 0.4) is 0 Å². The molecule has 0 aromatic carbocycles. The van der Waals surface area contributed by atoms with E-state index in [0.29, 0.717) is 26.4 Å². The van der Waals surface area contributed by atoms with E-state index < -0.39 is 0 Å². The molecule has 2 rings (SSSR count). The second-order valence-electron chi connectivity index (χ2n) is 4.69. The molecule has 1 aromatic heterocycles. The number of hydrogen-bond donors (Lipinski definition) is 2. The number of aromatic nitrogens is 1. The fraction of sp³-hybridized carbons (Fsp3) is 0.571. The maximum Gasteiger partial charge on any atom is 0.238 e. The maximum absolute atomic E-state index is 11.9. The lowest BCUT2D eigenvalue weighted by Gasteiger charge is -2.29. The van der Waals surface area contributed by atoms with Crippen LogP contribution >= 0.6 is 0 Å². The Hall–Kier alpha value is -1.70. The molecule has 7 nitrogen and oxygen atoms in total. The van der Waals surface area contributed by atoms with Gasteiger partial charge in [0.2, 0.25) is 5.91 Å². The van der Waals surface area contributed by atoms with E-state index in [1.165, 1.54) is 0 Å². The van der Waals surface area contributed by atoms with Crippen LogP contribution < -0.4 is 15.5 Å². The minimum absolute atomic E-state index is 0.0892. The molecule has 1 aliphatic rings. The average molecular weight is 294 g/mol. The van der Waals surface area contributed by atoms with Crippen molar-refractivity contribution in [3.05, 3.63) is 18.3 Å². The Labute approximate surface area is 124 Å². The predicted octanol–water partition coefficient (Wildman–Crippen LogP) is 0.0927. The fourth-order valence-electron chi connectivity index (χ4n) is 2.09. The summed E-state index contributed by atoms with van der Waals surface area (Å²) in [4.78, 5) is 18.4. The van der Waals surface area contributed by atoms with E-state index in [0.717, 1.165) is 24.6 Å². The first-order chi connectivity index (χ1) is 10.3. The van der Waals surface area contributed by atoms with Gasteiger partial charge in [-0.05, 0) is 12.1 Å². The van der Waals surface area contributed by atoms with E-state index in [2.05, 4.69) is 20.5 Å². The van der Waals surface area contributed by atoms with Gasteiger partial charge in [-0.15, -0.1) is 0 Å². The SMILES string of the molecule is COCCNCC(=O)Nc1cccnc1N1CCOCC1. The van der Waals surface area contributed by atoms with Crippen LogP contribution in [0.15, 0.2) is 18.3 Å². The summed E-state index contributed by atoms with van der Waals surface area (Å²) < 4.78 is 10.3. The van der Waals surface area contributed by atoms with Gasteiger partial charge in [0.25, 0.3) is 0 Å². The Morgan fingerprint density at radius 2 is 2.29 bits per heavy atom. The Morgan fingerprint density at radius 1 is 1.48 bits per heavy atom. The highest BCUT2D eigenvalue weighted by molar-refractivity contribution is 5.94. The highest BCUT2D eigenvalue weighted by Crippen LogP contribution is 2.23. The number of pyridine rings is 1. The number of rotatable bonds is 7. The molecule has 0 unspecified atom stereocenters. The van der Waals surface area contributed by atoms with Crippen LogP contribution in [0.25, 0.3) is 0 Å². The van der Waals surface area contributed by atoms with Gasteiger partial charge >= 0.3 is 0 Å². The highest BCUT2D eigenvalue weighted by atomic mass is 16.5. The summed E-state index contributed by atoms with van der Waals surface area (Å²) in [7, 11) is 1.63. The first-order valence-electron chi connectivity index (χ1n) is 7.08. The largest absolute Gasteiger partial charge is 0.383 e. The number of nitrogens with one attached hydrogen (secondary N) is 2. The summed E-state index contributed by atoms with van der Waals surface area (Å²) in [6.45, 7) is 4.41. The fourth-order valence-corrected chi connectivity index (χ4v) is 2.09. The molecule has 1 fully saturated rings. The second-order valence-corrected chi connectivity index (χ2v) is 4.69. The first-order valence-corrected chi connectivity index (χ1v) is 7.08. The van der Waals surface area contributed by atoms with Gasteiger partial charge in [-0.25, -0.2) is 4.98 Å². The molecule has 1 aromatic rings. The Morgan fingerprint density at radius 3 is 3.05 bits per heavy atom. The number of hydrogen-bond acceptors (Lipinski definition) is 6. The molecule has 2 heterocycles. The number of carbonyl (C=O) groups excluding carboxylic acids is 1. The lowest BCUT2D eigenvalue weighted by Crippen LogP contribution is -2.37. The zero-order chi connectivity index (χ0) is 14.9. The normalized spacial score (nSPS) is 15.0. The van der Waals surface area contributed by atoms with E-state index in [-0.39, 0.29) is 12.5 Å². The van der Waals surface area contributed by atoms with Crippen LogP contribution in [-0.4, -0.2) is 64.0 Å². The number of amides is 1. The molecule has 1 aliphatic heterocycles. The molecule has 1 amide bonds. The Balaban J connectivity index is 1.91. The third-order valence-electron chi connectivity index (χ3n) is 3.14. The third-order valence-corrected chi connectivity index (χ3v) is 3.14. The zero-order valence-corrected chi connectivity index (χ0v) is 12.3. The molecule has 21 heavy (non-hydrogen) atoms. The van der Waals surface area contributed by atoms with Crippen molar-refractivity contribution in [2.45, 2.75) is 0 Å². The maximum atomic E-state index is 11.9. The monoisotopic (exact) mass is 294 g/mol. The topological polar surface area (TPSA) is 75.7 Å². The van der Waals surface area contributed by atoms with E-state index in [1.807, 2.05) is 12.1 Å². The Kier molecular flexibility index (Phi) is 6.39. The summed E-state index contributed by atoms with van der Waals surface area (Å²) in [6, 6.07) is 3.68. The van der Waals surface area contributed by atoms with E-state index in [9.17, 15) is 4.79 Å². The minimum Gasteiger partial charge on any atom is -0.383 e. The number of carbonyl (C=O) groups is 1. The molecule has 2 N–H and O–H groups in total. The van der Waals surface area contributed by atoms with Crippen molar-refractivity contribution in [1.29, 1.82) is 0 Å². The Bertz CT molecular complexity index is 450. The molecular weight excluding hydrogens is 272 g/mol. The standard InChI is InChI=1S/C14H22N4O3/c1-20-8-5-15-11-13(19)17-12-3-2-4-16-14(12)18-6-9-21-10-7-18/h2-4,15H,5-11H2,1H3,(H,17,19). The second kappa shape index (κ2) is 8.56. The summed E-state index contributed by atoms with van der Waals surface area (Å²) in [5.74, 6) is 0.708.